The van der Waals surface area contributed by atoms with Crippen LogP contribution in [0.15, 0.2) is 24.3 Å². The number of rotatable bonds is 6. The predicted octanol–water partition coefficient (Wildman–Crippen LogP) is 1.64. The molecule has 8 heteroatoms. The third-order valence-corrected chi connectivity index (χ3v) is 6.24. The lowest BCUT2D eigenvalue weighted by molar-refractivity contribution is -0.121. The van der Waals surface area contributed by atoms with Crippen molar-refractivity contribution in [2.45, 2.75) is 51.5 Å². The summed E-state index contributed by atoms with van der Waals surface area (Å²) in [6.07, 6.45) is 2.60. The van der Waals surface area contributed by atoms with E-state index in [1.807, 2.05) is 12.1 Å². The molecule has 0 aromatic heterocycles. The highest BCUT2D eigenvalue weighted by Gasteiger charge is 2.25. The predicted molar refractivity (Wildman–Crippen MR) is 110 cm³/mol. The summed E-state index contributed by atoms with van der Waals surface area (Å²) in [6, 6.07) is 7.47. The second kappa shape index (κ2) is 9.05. The summed E-state index contributed by atoms with van der Waals surface area (Å²) < 4.78 is 24.4. The molecule has 2 amide bonds. The van der Waals surface area contributed by atoms with E-state index in [0.717, 1.165) is 5.56 Å². The third kappa shape index (κ3) is 6.60. The number of carbonyl (C=O) groups is 2. The maximum absolute atomic E-state index is 12.2. The molecule has 0 spiro atoms. The molecule has 0 atom stereocenters. The Morgan fingerprint density at radius 3 is 2.18 bits per heavy atom. The van der Waals surface area contributed by atoms with Gasteiger partial charge in [0.2, 0.25) is 15.9 Å². The molecule has 1 aliphatic heterocycles. The topological polar surface area (TPSA) is 95.6 Å². The van der Waals surface area contributed by atoms with Crippen LogP contribution in [-0.2, 0) is 20.2 Å². The first-order valence-corrected chi connectivity index (χ1v) is 11.4. The summed E-state index contributed by atoms with van der Waals surface area (Å²) >= 11 is 0. The molecule has 0 aliphatic carbocycles. The van der Waals surface area contributed by atoms with Crippen LogP contribution in [-0.4, -0.2) is 56.5 Å². The van der Waals surface area contributed by atoms with Crippen LogP contribution in [0.2, 0.25) is 0 Å². The van der Waals surface area contributed by atoms with Gasteiger partial charge >= 0.3 is 0 Å². The van der Waals surface area contributed by atoms with E-state index in [-0.39, 0.29) is 36.2 Å². The van der Waals surface area contributed by atoms with E-state index in [4.69, 9.17) is 0 Å². The summed E-state index contributed by atoms with van der Waals surface area (Å²) in [6.45, 7) is 7.45. The highest BCUT2D eigenvalue weighted by Crippen LogP contribution is 2.22. The van der Waals surface area contributed by atoms with Crippen LogP contribution in [0.3, 0.4) is 0 Å². The van der Waals surface area contributed by atoms with Gasteiger partial charge in [-0.1, -0.05) is 32.9 Å². The van der Waals surface area contributed by atoms with Crippen molar-refractivity contribution in [1.29, 1.82) is 0 Å². The number of carbonyl (C=O) groups excluding carboxylic acids is 2. The van der Waals surface area contributed by atoms with Crippen LogP contribution in [0.4, 0.5) is 0 Å². The van der Waals surface area contributed by atoms with Crippen LogP contribution in [0.25, 0.3) is 0 Å². The molecule has 156 valence electrons. The van der Waals surface area contributed by atoms with Gasteiger partial charge < -0.3 is 10.6 Å². The van der Waals surface area contributed by atoms with Crippen LogP contribution in [0.1, 0.15) is 56.0 Å². The molecule has 2 rings (SSSR count). The Morgan fingerprint density at radius 2 is 1.68 bits per heavy atom. The van der Waals surface area contributed by atoms with E-state index in [2.05, 4.69) is 31.4 Å². The largest absolute Gasteiger partial charge is 0.353 e. The van der Waals surface area contributed by atoms with Gasteiger partial charge in [0.25, 0.3) is 5.91 Å². The Kier molecular flexibility index (Phi) is 7.22. The number of hydrogen-bond acceptors (Lipinski definition) is 4. The molecule has 0 bridgehead atoms. The van der Waals surface area contributed by atoms with E-state index in [1.54, 1.807) is 12.1 Å². The SMILES string of the molecule is CC(C)(C)c1ccc(C(=O)NCCC(=O)NC2CCN(S(C)(=O)=O)CC2)cc1. The van der Waals surface area contributed by atoms with Crippen molar-refractivity contribution in [2.75, 3.05) is 25.9 Å². The monoisotopic (exact) mass is 409 g/mol. The molecule has 1 saturated heterocycles. The molecule has 28 heavy (non-hydrogen) atoms. The van der Waals surface area contributed by atoms with Crippen LogP contribution >= 0.6 is 0 Å². The van der Waals surface area contributed by atoms with Gasteiger partial charge in [-0.3, -0.25) is 9.59 Å². The lowest BCUT2D eigenvalue weighted by Gasteiger charge is -2.30. The minimum absolute atomic E-state index is 0.0221. The molecule has 1 aliphatic rings. The molecule has 1 aromatic rings. The molecular weight excluding hydrogens is 378 g/mol. The van der Waals surface area contributed by atoms with E-state index < -0.39 is 10.0 Å². The van der Waals surface area contributed by atoms with Crippen molar-refractivity contribution < 1.29 is 18.0 Å². The fraction of sp³-hybridized carbons (Fsp3) is 0.600. The Balaban J connectivity index is 1.71. The summed E-state index contributed by atoms with van der Waals surface area (Å²) in [5.41, 5.74) is 1.76. The number of sulfonamides is 1. The molecule has 7 nitrogen and oxygen atoms in total. The van der Waals surface area contributed by atoms with Gasteiger partial charge in [-0.25, -0.2) is 12.7 Å². The van der Waals surface area contributed by atoms with Crippen molar-refractivity contribution in [3.63, 3.8) is 0 Å². The Hall–Kier alpha value is -1.93. The second-order valence-corrected chi connectivity index (χ2v) is 10.3. The molecule has 2 N–H and O–H groups in total. The number of benzene rings is 1. The van der Waals surface area contributed by atoms with Gasteiger partial charge in [0.05, 0.1) is 6.26 Å². The number of hydrogen-bond donors (Lipinski definition) is 2. The van der Waals surface area contributed by atoms with Crippen molar-refractivity contribution in [3.05, 3.63) is 35.4 Å². The average Bonchev–Trinajstić information content (AvgIpc) is 2.60. The summed E-state index contributed by atoms with van der Waals surface area (Å²) in [5, 5.41) is 5.68. The Morgan fingerprint density at radius 1 is 1.11 bits per heavy atom. The minimum Gasteiger partial charge on any atom is -0.353 e. The molecule has 1 aromatic carbocycles. The lowest BCUT2D eigenvalue weighted by atomic mass is 9.87. The number of amides is 2. The van der Waals surface area contributed by atoms with Crippen LogP contribution in [0.5, 0.6) is 0 Å². The summed E-state index contributed by atoms with van der Waals surface area (Å²) in [4.78, 5) is 24.3. The number of nitrogens with one attached hydrogen (secondary N) is 2. The Bertz CT molecular complexity index is 790. The second-order valence-electron chi connectivity index (χ2n) is 8.34. The zero-order valence-electron chi connectivity index (χ0n) is 17.1. The molecule has 0 radical (unpaired) electrons. The normalized spacial score (nSPS) is 16.6. The molecule has 1 heterocycles. The van der Waals surface area contributed by atoms with Gasteiger partial charge in [-0.2, -0.15) is 0 Å². The molecular formula is C20H31N3O4S. The first kappa shape index (κ1) is 22.4. The van der Waals surface area contributed by atoms with E-state index in [1.165, 1.54) is 10.6 Å². The van der Waals surface area contributed by atoms with Crippen LogP contribution < -0.4 is 10.6 Å². The van der Waals surface area contributed by atoms with Gasteiger partial charge in [-0.05, 0) is 36.0 Å². The number of piperidine rings is 1. The fourth-order valence-electron chi connectivity index (χ4n) is 3.14. The zero-order valence-corrected chi connectivity index (χ0v) is 17.9. The lowest BCUT2D eigenvalue weighted by Crippen LogP contribution is -2.46. The van der Waals surface area contributed by atoms with E-state index in [0.29, 0.717) is 31.5 Å². The molecule has 0 saturated carbocycles. The first-order chi connectivity index (χ1) is 13.0. The van der Waals surface area contributed by atoms with Crippen molar-refractivity contribution >= 4 is 21.8 Å². The van der Waals surface area contributed by atoms with Crippen molar-refractivity contribution in [1.82, 2.24) is 14.9 Å². The quantitative estimate of drug-likeness (QED) is 0.747. The smallest absolute Gasteiger partial charge is 0.251 e. The average molecular weight is 410 g/mol. The summed E-state index contributed by atoms with van der Waals surface area (Å²) in [5.74, 6) is -0.337. The Labute approximate surface area is 167 Å². The minimum atomic E-state index is -3.17. The van der Waals surface area contributed by atoms with Gasteiger partial charge in [-0.15, -0.1) is 0 Å². The van der Waals surface area contributed by atoms with E-state index in [9.17, 15) is 18.0 Å². The maximum atomic E-state index is 12.2. The van der Waals surface area contributed by atoms with Gasteiger partial charge in [0.1, 0.15) is 0 Å². The van der Waals surface area contributed by atoms with Crippen molar-refractivity contribution in [2.24, 2.45) is 0 Å². The highest BCUT2D eigenvalue weighted by molar-refractivity contribution is 7.88. The third-order valence-electron chi connectivity index (χ3n) is 4.94. The van der Waals surface area contributed by atoms with Crippen LogP contribution in [0, 0.1) is 0 Å². The highest BCUT2D eigenvalue weighted by atomic mass is 32.2. The van der Waals surface area contributed by atoms with Gasteiger partial charge in [0, 0.05) is 37.7 Å². The number of nitrogens with zero attached hydrogens (tertiary/aromatic N) is 1. The first-order valence-electron chi connectivity index (χ1n) is 9.60. The van der Waals surface area contributed by atoms with Crippen molar-refractivity contribution in [3.8, 4) is 0 Å². The molecule has 0 unspecified atom stereocenters. The standard InChI is InChI=1S/C20H31N3O4S/c1-20(2,3)16-7-5-15(6-8-16)19(25)21-12-9-18(24)22-17-10-13-23(14-11-17)28(4,26)27/h5-8,17H,9-14H2,1-4H3,(H,21,25)(H,22,24). The molecule has 1 fully saturated rings. The van der Waals surface area contributed by atoms with E-state index >= 15 is 0 Å². The zero-order chi connectivity index (χ0) is 20.9. The fourth-order valence-corrected chi connectivity index (χ4v) is 4.02. The maximum Gasteiger partial charge on any atom is 0.251 e. The van der Waals surface area contributed by atoms with Gasteiger partial charge in [0.15, 0.2) is 0 Å². The summed E-state index contributed by atoms with van der Waals surface area (Å²) in [7, 11) is -3.17.